The summed E-state index contributed by atoms with van der Waals surface area (Å²) in [6, 6.07) is 6.74. The molecule has 1 aliphatic heterocycles. The molecule has 236 valence electrons. The maximum absolute atomic E-state index is 14.4. The van der Waals surface area contributed by atoms with Gasteiger partial charge in [-0.15, -0.1) is 0 Å². The van der Waals surface area contributed by atoms with Crippen LogP contribution in [0.15, 0.2) is 59.5 Å². The molecule has 11 nitrogen and oxygen atoms in total. The Hall–Kier alpha value is -5.41. The van der Waals surface area contributed by atoms with E-state index in [1.807, 2.05) is 6.92 Å². The quantitative estimate of drug-likeness (QED) is 0.180. The molecule has 4 aromatic rings. The van der Waals surface area contributed by atoms with Gasteiger partial charge in [-0.1, -0.05) is 18.1 Å². The van der Waals surface area contributed by atoms with Crippen molar-refractivity contribution in [2.45, 2.75) is 32.0 Å². The highest BCUT2D eigenvalue weighted by atomic mass is 19.4. The molecule has 0 aliphatic carbocycles. The number of carbonyl (C=O) groups is 2. The SMILES string of the molecule is CCCOc1ccc(-c2cc(C(C(=O)NCCC(=O)O)n3cnc4c3C=CN(c3cccc(F)c3F)N4)on2)c(C(F)(F)F)c1. The van der Waals surface area contributed by atoms with Crippen LogP contribution in [0.3, 0.4) is 0 Å². The van der Waals surface area contributed by atoms with Crippen molar-refractivity contribution in [1.82, 2.24) is 20.0 Å². The van der Waals surface area contributed by atoms with Gasteiger partial charge in [0.1, 0.15) is 17.1 Å². The third kappa shape index (κ3) is 6.58. The van der Waals surface area contributed by atoms with E-state index in [0.717, 1.165) is 12.1 Å². The number of nitrogens with one attached hydrogen (secondary N) is 2. The standard InChI is InChI=1S/C29H25F5N6O5/c1-2-12-44-16-6-7-17(18(13-16)29(32,33)34)20-14-23(45-38-20)26(28(43)35-10-8-24(41)42)39-15-36-27-22(39)9-11-40(37-27)21-5-3-4-19(30)25(21)31/h3-7,9,11,13-15,26,37H,2,8,10,12H2,1H3,(H,35,43)(H,41,42). The van der Waals surface area contributed by atoms with Crippen LogP contribution in [0.5, 0.6) is 5.75 Å². The number of nitrogens with zero attached hydrogens (tertiary/aromatic N) is 4. The highest BCUT2D eigenvalue weighted by Crippen LogP contribution is 2.40. The average Bonchev–Trinajstić information content (AvgIpc) is 3.65. The minimum absolute atomic E-state index is 0.0174. The van der Waals surface area contributed by atoms with Crippen molar-refractivity contribution in [2.75, 3.05) is 23.6 Å². The van der Waals surface area contributed by atoms with E-state index in [-0.39, 0.29) is 53.1 Å². The number of anilines is 2. The highest BCUT2D eigenvalue weighted by molar-refractivity contribution is 5.85. The lowest BCUT2D eigenvalue weighted by atomic mass is 10.0. The largest absolute Gasteiger partial charge is 0.494 e. The first-order chi connectivity index (χ1) is 21.5. The van der Waals surface area contributed by atoms with Crippen molar-refractivity contribution in [1.29, 1.82) is 0 Å². The Balaban J connectivity index is 1.51. The first kappa shape index (κ1) is 31.0. The van der Waals surface area contributed by atoms with Crippen LogP contribution in [-0.4, -0.2) is 44.8 Å². The summed E-state index contributed by atoms with van der Waals surface area (Å²) in [5.41, 5.74) is 1.32. The molecule has 1 atom stereocenters. The summed E-state index contributed by atoms with van der Waals surface area (Å²) in [7, 11) is 0. The lowest BCUT2D eigenvalue weighted by Gasteiger charge is -2.26. The maximum atomic E-state index is 14.4. The van der Waals surface area contributed by atoms with Gasteiger partial charge < -0.3 is 24.3 Å². The van der Waals surface area contributed by atoms with E-state index in [9.17, 15) is 31.5 Å². The molecule has 0 fully saturated rings. The topological polar surface area (TPSA) is 135 Å². The van der Waals surface area contributed by atoms with Crippen molar-refractivity contribution in [3.05, 3.63) is 83.6 Å². The van der Waals surface area contributed by atoms with Crippen molar-refractivity contribution >= 4 is 29.5 Å². The molecule has 16 heteroatoms. The summed E-state index contributed by atoms with van der Waals surface area (Å²) >= 11 is 0. The molecule has 0 bridgehead atoms. The number of halogens is 5. The predicted molar refractivity (Wildman–Crippen MR) is 150 cm³/mol. The highest BCUT2D eigenvalue weighted by Gasteiger charge is 2.36. The number of carboxylic acid groups (broad SMARTS) is 1. The van der Waals surface area contributed by atoms with Gasteiger partial charge in [-0.05, 0) is 42.8 Å². The molecule has 1 amide bonds. The van der Waals surface area contributed by atoms with Gasteiger partial charge in [-0.25, -0.2) is 13.8 Å². The van der Waals surface area contributed by atoms with E-state index < -0.39 is 47.7 Å². The third-order valence-electron chi connectivity index (χ3n) is 6.64. The Morgan fingerprint density at radius 1 is 1.18 bits per heavy atom. The van der Waals surface area contributed by atoms with Crippen LogP contribution in [0.4, 0.5) is 33.5 Å². The fourth-order valence-corrected chi connectivity index (χ4v) is 4.56. The lowest BCUT2D eigenvalue weighted by molar-refractivity contribution is -0.138. The molecule has 2 aromatic carbocycles. The molecule has 1 unspecified atom stereocenters. The number of aliphatic carboxylic acids is 1. The summed E-state index contributed by atoms with van der Waals surface area (Å²) in [5, 5.41) is 16.4. The zero-order chi connectivity index (χ0) is 32.3. The van der Waals surface area contributed by atoms with E-state index in [4.69, 9.17) is 14.4 Å². The second kappa shape index (κ2) is 12.7. The van der Waals surface area contributed by atoms with Gasteiger partial charge in [-0.3, -0.25) is 20.0 Å². The number of aromatic nitrogens is 3. The number of benzene rings is 2. The molecule has 3 heterocycles. The maximum Gasteiger partial charge on any atom is 0.417 e. The van der Waals surface area contributed by atoms with E-state index in [0.29, 0.717) is 6.42 Å². The van der Waals surface area contributed by atoms with Crippen LogP contribution in [0.1, 0.15) is 42.8 Å². The third-order valence-corrected chi connectivity index (χ3v) is 6.64. The fraction of sp³-hybridized carbons (Fsp3) is 0.241. The predicted octanol–water partition coefficient (Wildman–Crippen LogP) is 5.62. The molecule has 0 spiro atoms. The summed E-state index contributed by atoms with van der Waals surface area (Å²) in [6.07, 6.45) is -0.581. The second-order valence-electron chi connectivity index (χ2n) is 9.76. The van der Waals surface area contributed by atoms with Gasteiger partial charge >= 0.3 is 12.1 Å². The van der Waals surface area contributed by atoms with E-state index in [1.165, 1.54) is 58.5 Å². The van der Waals surface area contributed by atoms with Crippen LogP contribution in [-0.2, 0) is 15.8 Å². The van der Waals surface area contributed by atoms with E-state index in [1.54, 1.807) is 0 Å². The Kier molecular flexibility index (Phi) is 8.74. The number of fused-ring (bicyclic) bond motifs is 1. The molecule has 0 radical (unpaired) electrons. The van der Waals surface area contributed by atoms with Gasteiger partial charge in [0.05, 0.1) is 30.6 Å². The zero-order valence-corrected chi connectivity index (χ0v) is 23.4. The number of rotatable bonds is 11. The summed E-state index contributed by atoms with van der Waals surface area (Å²) in [6.45, 7) is 1.77. The zero-order valence-electron chi connectivity index (χ0n) is 23.4. The lowest BCUT2D eigenvalue weighted by Crippen LogP contribution is -2.35. The molecule has 2 aromatic heterocycles. The molecule has 3 N–H and O–H groups in total. The Labute approximate surface area is 251 Å². The number of hydrazine groups is 1. The van der Waals surface area contributed by atoms with E-state index in [2.05, 4.69) is 20.9 Å². The molecule has 1 aliphatic rings. The van der Waals surface area contributed by atoms with Crippen LogP contribution in [0.2, 0.25) is 0 Å². The monoisotopic (exact) mass is 632 g/mol. The first-order valence-corrected chi connectivity index (χ1v) is 13.5. The fourth-order valence-electron chi connectivity index (χ4n) is 4.56. The molecule has 0 saturated carbocycles. The molecule has 5 rings (SSSR count). The number of imidazole rings is 1. The summed E-state index contributed by atoms with van der Waals surface area (Å²) < 4.78 is 82.4. The van der Waals surface area contributed by atoms with Crippen LogP contribution < -0.4 is 20.5 Å². The number of hydrogen-bond acceptors (Lipinski definition) is 8. The van der Waals surface area contributed by atoms with Crippen LogP contribution >= 0.6 is 0 Å². The normalized spacial score (nSPS) is 13.2. The minimum atomic E-state index is -4.78. The average molecular weight is 633 g/mol. The van der Waals surface area contributed by atoms with Crippen molar-refractivity contribution in [2.24, 2.45) is 0 Å². The van der Waals surface area contributed by atoms with Gasteiger partial charge in [-0.2, -0.15) is 13.2 Å². The van der Waals surface area contributed by atoms with Gasteiger partial charge in [0.25, 0.3) is 5.91 Å². The molecular weight excluding hydrogens is 607 g/mol. The van der Waals surface area contributed by atoms with Crippen molar-refractivity contribution in [3.8, 4) is 17.0 Å². The number of carbonyl (C=O) groups excluding carboxylic acids is 1. The Morgan fingerprint density at radius 3 is 2.71 bits per heavy atom. The van der Waals surface area contributed by atoms with Crippen molar-refractivity contribution in [3.63, 3.8) is 0 Å². The molecule has 0 saturated heterocycles. The van der Waals surface area contributed by atoms with Crippen molar-refractivity contribution < 1.29 is 45.9 Å². The number of hydrogen-bond donors (Lipinski definition) is 3. The van der Waals surface area contributed by atoms with Gasteiger partial charge in [0.2, 0.25) is 0 Å². The molecule has 45 heavy (non-hydrogen) atoms. The van der Waals surface area contributed by atoms with E-state index >= 15 is 0 Å². The summed E-state index contributed by atoms with van der Waals surface area (Å²) in [5.74, 6) is -4.19. The number of ether oxygens (including phenoxy) is 1. The first-order valence-electron chi connectivity index (χ1n) is 13.5. The smallest absolute Gasteiger partial charge is 0.417 e. The second-order valence-corrected chi connectivity index (χ2v) is 9.76. The Morgan fingerprint density at radius 2 is 1.98 bits per heavy atom. The van der Waals surface area contributed by atoms with Crippen LogP contribution in [0, 0.1) is 11.6 Å². The van der Waals surface area contributed by atoms with Crippen LogP contribution in [0.25, 0.3) is 17.3 Å². The minimum Gasteiger partial charge on any atom is -0.494 e. The number of carboxylic acids is 1. The van der Waals surface area contributed by atoms with Gasteiger partial charge in [0, 0.05) is 24.4 Å². The Bertz CT molecular complexity index is 1750. The summed E-state index contributed by atoms with van der Waals surface area (Å²) in [4.78, 5) is 28.6. The molecular formula is C29H25F5N6O5. The number of alkyl halides is 3. The number of amides is 1. The van der Waals surface area contributed by atoms with Gasteiger partial charge in [0.15, 0.2) is 29.3 Å².